The van der Waals surface area contributed by atoms with E-state index in [0.29, 0.717) is 77.5 Å². The first-order chi connectivity index (χ1) is 34.6. The fourth-order valence-electron chi connectivity index (χ4n) is 11.0. The zero-order valence-corrected chi connectivity index (χ0v) is 45.4. The van der Waals surface area contributed by atoms with Gasteiger partial charge >= 0.3 is 30.3 Å². The van der Waals surface area contributed by atoms with Crippen LogP contribution in [0, 0.1) is 34.5 Å². The van der Waals surface area contributed by atoms with E-state index in [0.717, 1.165) is 0 Å². The highest BCUT2D eigenvalue weighted by Gasteiger charge is 2.71. The van der Waals surface area contributed by atoms with Crippen LogP contribution >= 0.6 is 0 Å². The third-order valence-electron chi connectivity index (χ3n) is 15.0. The number of carbonyl (C=O) groups is 9. The molecular weight excluding hydrogens is 965 g/mol. The Kier molecular flexibility index (Phi) is 19.9. The van der Waals surface area contributed by atoms with Crippen LogP contribution in [0.5, 0.6) is 0 Å². The lowest BCUT2D eigenvalue weighted by Crippen LogP contribution is -2.57. The second-order valence-electron chi connectivity index (χ2n) is 23.5. The number of methoxy groups -OCH3 is 1. The van der Waals surface area contributed by atoms with Crippen LogP contribution in [0.25, 0.3) is 0 Å². The van der Waals surface area contributed by atoms with Crippen molar-refractivity contribution in [2.24, 2.45) is 34.5 Å². The summed E-state index contributed by atoms with van der Waals surface area (Å²) in [6.07, 6.45) is 1.79. The van der Waals surface area contributed by atoms with Crippen LogP contribution in [-0.4, -0.2) is 169 Å². The smallest absolute Gasteiger partial charge is 0.408 e. The van der Waals surface area contributed by atoms with Crippen molar-refractivity contribution < 1.29 is 71.9 Å². The molecule has 0 aromatic heterocycles. The van der Waals surface area contributed by atoms with E-state index in [1.54, 1.807) is 46.4 Å². The lowest BCUT2D eigenvalue weighted by molar-refractivity contribution is -0.147. The van der Waals surface area contributed by atoms with Crippen LogP contribution in [0.2, 0.25) is 0 Å². The first kappa shape index (κ1) is 59.3. The molecular formula is C51H84N8O15. The molecule has 0 spiro atoms. The average Bonchev–Trinajstić information content (AvgIpc) is 3.75. The number of aliphatic hydroxyl groups is 1. The normalized spacial score (nSPS) is 31.0. The maximum atomic E-state index is 13.8. The number of alkyl carbamates (subject to hydrolysis) is 4. The van der Waals surface area contributed by atoms with E-state index in [4.69, 9.17) is 23.7 Å². The largest absolute Gasteiger partial charge is 0.467 e. The van der Waals surface area contributed by atoms with E-state index in [1.807, 2.05) is 0 Å². The zero-order valence-electron chi connectivity index (χ0n) is 45.4. The molecule has 74 heavy (non-hydrogen) atoms. The average molecular weight is 1050 g/mol. The number of nitrogens with zero attached hydrogens (tertiary/aromatic N) is 2. The minimum absolute atomic E-state index is 0.00945. The molecule has 0 bridgehead atoms. The summed E-state index contributed by atoms with van der Waals surface area (Å²) in [5, 5.41) is 26.2. The van der Waals surface area contributed by atoms with E-state index in [-0.39, 0.29) is 79.0 Å². The summed E-state index contributed by atoms with van der Waals surface area (Å²) in [7, 11) is 1.26. The van der Waals surface area contributed by atoms with Gasteiger partial charge in [-0.2, -0.15) is 0 Å². The Labute approximate surface area is 435 Å². The van der Waals surface area contributed by atoms with Crippen LogP contribution in [0.4, 0.5) is 19.2 Å². The maximum absolute atomic E-state index is 13.8. The van der Waals surface area contributed by atoms with E-state index < -0.39 is 89.6 Å². The molecule has 8 amide bonds. The van der Waals surface area contributed by atoms with Crippen LogP contribution in [0.3, 0.4) is 0 Å². The number of hydrogen-bond acceptors (Lipinski definition) is 15. The van der Waals surface area contributed by atoms with Crippen molar-refractivity contribution in [2.75, 3.05) is 53.1 Å². The number of amides is 8. The maximum Gasteiger partial charge on any atom is 0.408 e. The van der Waals surface area contributed by atoms with Crippen molar-refractivity contribution in [1.82, 2.24) is 41.7 Å². The van der Waals surface area contributed by atoms with Gasteiger partial charge in [-0.05, 0) is 140 Å². The Morgan fingerprint density at radius 2 is 1.05 bits per heavy atom. The molecule has 0 aromatic rings. The van der Waals surface area contributed by atoms with E-state index in [2.05, 4.69) is 59.6 Å². The molecule has 4 heterocycles. The molecule has 2 saturated carbocycles. The number of cyclic esters (lactones) is 2. The highest BCUT2D eigenvalue weighted by Crippen LogP contribution is 2.66. The summed E-state index contributed by atoms with van der Waals surface area (Å²) in [6.45, 7) is 20.1. The molecule has 7 N–H and O–H groups in total. The van der Waals surface area contributed by atoms with Crippen molar-refractivity contribution in [2.45, 2.75) is 181 Å². The molecule has 23 heteroatoms. The summed E-state index contributed by atoms with van der Waals surface area (Å²) >= 11 is 0. The summed E-state index contributed by atoms with van der Waals surface area (Å²) in [5.41, 5.74) is -1.71. The molecule has 418 valence electrons. The SMILES string of the molecule is CC(C)(C)OC(=O)N[C@H]1CCCOC(=O)NCCCC[C@@H](CO)NC(=O)[C@@H]2[C@@H]3[C@H](CN2C1=O)C3(C)C.COC(=O)[C@@H]1CCCCNC(=O)OCCC[C@H](NC(=O)OC(C)(C)C)C(=O)N2C[C@H]3[C@@H]([C@H]2C(=O)N1)C3(C)C. The predicted octanol–water partition coefficient (Wildman–Crippen LogP) is 3.24. The Morgan fingerprint density at radius 3 is 1.46 bits per heavy atom. The summed E-state index contributed by atoms with van der Waals surface area (Å²) in [6, 6.07) is -4.72. The van der Waals surface area contributed by atoms with Crippen molar-refractivity contribution in [1.29, 1.82) is 0 Å². The Bertz CT molecular complexity index is 2060. The number of fused-ring (bicyclic) bond motifs is 6. The number of esters is 1. The minimum atomic E-state index is -0.987. The lowest BCUT2D eigenvalue weighted by atomic mass is 9.98. The second kappa shape index (κ2) is 24.8. The van der Waals surface area contributed by atoms with Gasteiger partial charge in [-0.3, -0.25) is 19.2 Å². The number of piperidine rings is 2. The fourth-order valence-corrected chi connectivity index (χ4v) is 11.0. The highest BCUT2D eigenvalue weighted by molar-refractivity contribution is 5.95. The quantitative estimate of drug-likeness (QED) is 0.157. The number of rotatable bonds is 4. The summed E-state index contributed by atoms with van der Waals surface area (Å²) < 4.78 is 26.0. The molecule has 2 aliphatic carbocycles. The van der Waals surface area contributed by atoms with Crippen molar-refractivity contribution in [3.05, 3.63) is 0 Å². The van der Waals surface area contributed by atoms with Gasteiger partial charge in [-0.25, -0.2) is 24.0 Å². The Hall–Kier alpha value is -5.61. The molecule has 0 radical (unpaired) electrons. The van der Waals surface area contributed by atoms with Crippen LogP contribution in [0.1, 0.15) is 133 Å². The molecule has 6 fully saturated rings. The Morgan fingerprint density at radius 1 is 0.635 bits per heavy atom. The zero-order chi connectivity index (χ0) is 54.9. The number of hydrogen-bond donors (Lipinski definition) is 7. The number of nitrogens with one attached hydrogen (secondary N) is 6. The van der Waals surface area contributed by atoms with Crippen LogP contribution in [0.15, 0.2) is 0 Å². The van der Waals surface area contributed by atoms with E-state index in [9.17, 15) is 48.3 Å². The minimum Gasteiger partial charge on any atom is -0.467 e. The molecule has 10 atom stereocenters. The van der Waals surface area contributed by atoms with Crippen LogP contribution in [-0.2, 0) is 47.7 Å². The standard InChI is InChI=1S/C26H42N4O8.C25H42N4O7/c1-25(2,3)38-24(35)29-16-11-9-13-37-23(34)27-12-8-7-10-17(22(33)36-6)28-20(31)19-18-15(26(18,4)5)14-30(19)21(16)32;1-24(2,3)36-23(34)28-17-10-8-12-35-22(33)26-11-7-6-9-15(14-30)27-20(31)19-18-16(25(18,4)5)13-29(19)21(17)32/h15-19H,7-14H2,1-6H3,(H,27,34)(H,28,31)(H,29,35);15-19,30H,6-14H2,1-5H3,(H,26,33)(H,27,31)(H,28,34)/t2*15-,16-,17-,18-,19-/m00/s1. The molecule has 23 nitrogen and oxygen atoms in total. The first-order valence-electron chi connectivity index (χ1n) is 26.3. The van der Waals surface area contributed by atoms with Crippen molar-refractivity contribution in [3.8, 4) is 0 Å². The third kappa shape index (κ3) is 15.7. The molecule has 0 aromatic carbocycles. The summed E-state index contributed by atoms with van der Waals surface area (Å²) in [4.78, 5) is 119. The van der Waals surface area contributed by atoms with Gasteiger partial charge in [-0.1, -0.05) is 27.7 Å². The van der Waals surface area contributed by atoms with Gasteiger partial charge in [0.1, 0.15) is 41.4 Å². The van der Waals surface area contributed by atoms with Gasteiger partial charge in [0.05, 0.1) is 33.0 Å². The second-order valence-corrected chi connectivity index (χ2v) is 23.5. The topological polar surface area (TPSA) is 299 Å². The molecule has 6 rings (SSSR count). The number of carbonyl (C=O) groups excluding carboxylic acids is 9. The number of ether oxygens (including phenoxy) is 5. The molecule has 4 saturated heterocycles. The van der Waals surface area contributed by atoms with E-state index in [1.165, 1.54) is 12.0 Å². The van der Waals surface area contributed by atoms with Gasteiger partial charge < -0.3 is 70.5 Å². The Balaban J connectivity index is 0.000000274. The van der Waals surface area contributed by atoms with Gasteiger partial charge in [-0.15, -0.1) is 0 Å². The van der Waals surface area contributed by atoms with Crippen molar-refractivity contribution >= 4 is 54.0 Å². The first-order valence-corrected chi connectivity index (χ1v) is 26.3. The van der Waals surface area contributed by atoms with Gasteiger partial charge in [0.15, 0.2) is 0 Å². The van der Waals surface area contributed by atoms with Gasteiger partial charge in [0.2, 0.25) is 23.6 Å². The highest BCUT2D eigenvalue weighted by atomic mass is 16.6. The third-order valence-corrected chi connectivity index (χ3v) is 15.0. The van der Waals surface area contributed by atoms with Crippen LogP contribution < -0.4 is 31.9 Å². The summed E-state index contributed by atoms with van der Waals surface area (Å²) in [5.74, 6) is -1.80. The predicted molar refractivity (Wildman–Crippen MR) is 267 cm³/mol. The lowest BCUT2D eigenvalue weighted by Gasteiger charge is -2.34. The fraction of sp³-hybridized carbons (Fsp3) is 0.824. The monoisotopic (exact) mass is 1050 g/mol. The van der Waals surface area contributed by atoms with Gasteiger partial charge in [0.25, 0.3) is 0 Å². The number of aliphatic hydroxyl groups excluding tert-OH is 1. The molecule has 4 aliphatic heterocycles. The molecule has 0 unspecified atom stereocenters. The molecule has 6 aliphatic rings. The van der Waals surface area contributed by atoms with E-state index >= 15 is 0 Å². The van der Waals surface area contributed by atoms with Gasteiger partial charge in [0, 0.05) is 26.2 Å². The van der Waals surface area contributed by atoms with Crippen molar-refractivity contribution in [3.63, 3.8) is 0 Å².